The molecule has 1 amide bonds. The molecule has 2 aromatic rings. The van der Waals surface area contributed by atoms with Crippen molar-refractivity contribution in [3.05, 3.63) is 46.1 Å². The highest BCUT2D eigenvalue weighted by Crippen LogP contribution is 2.23. The summed E-state index contributed by atoms with van der Waals surface area (Å²) in [7, 11) is 0. The standard InChI is InChI=1S/C12H12BrN5O/c1-7-2-3-8(13)10(6-7)15-12(19)9-4-5-11(16-14)18-17-9/h2-6H,14H2,1H3,(H,15,19)(H,16,18). The smallest absolute Gasteiger partial charge is 0.276 e. The van der Waals surface area contributed by atoms with Crippen molar-refractivity contribution in [1.82, 2.24) is 10.2 Å². The molecule has 2 rings (SSSR count). The fraction of sp³-hybridized carbons (Fsp3) is 0.0833. The van der Waals surface area contributed by atoms with Gasteiger partial charge in [-0.15, -0.1) is 10.2 Å². The van der Waals surface area contributed by atoms with E-state index in [0.717, 1.165) is 10.0 Å². The number of aryl methyl sites for hydroxylation is 1. The Morgan fingerprint density at radius 2 is 2.05 bits per heavy atom. The van der Waals surface area contributed by atoms with Crippen LogP contribution < -0.4 is 16.6 Å². The zero-order chi connectivity index (χ0) is 13.8. The van der Waals surface area contributed by atoms with Crippen LogP contribution in [0.2, 0.25) is 0 Å². The number of carbonyl (C=O) groups is 1. The molecule has 0 atom stereocenters. The Labute approximate surface area is 118 Å². The Hall–Kier alpha value is -1.99. The largest absolute Gasteiger partial charge is 0.320 e. The number of anilines is 2. The normalized spacial score (nSPS) is 10.1. The molecule has 6 nitrogen and oxygen atoms in total. The monoisotopic (exact) mass is 321 g/mol. The van der Waals surface area contributed by atoms with Crippen LogP contribution in [0.25, 0.3) is 0 Å². The average molecular weight is 322 g/mol. The highest BCUT2D eigenvalue weighted by Gasteiger charge is 2.10. The number of hydrazine groups is 1. The predicted octanol–water partition coefficient (Wildman–Crippen LogP) is 2.09. The molecule has 0 unspecified atom stereocenters. The summed E-state index contributed by atoms with van der Waals surface area (Å²) in [4.78, 5) is 12.0. The Kier molecular flexibility index (Phi) is 4.08. The molecule has 0 aliphatic rings. The van der Waals surface area contributed by atoms with Gasteiger partial charge in [-0.25, -0.2) is 5.84 Å². The highest BCUT2D eigenvalue weighted by atomic mass is 79.9. The molecule has 0 radical (unpaired) electrons. The molecule has 98 valence electrons. The molecular formula is C12H12BrN5O. The predicted molar refractivity (Wildman–Crippen MR) is 76.7 cm³/mol. The van der Waals surface area contributed by atoms with Crippen LogP contribution in [0, 0.1) is 6.92 Å². The van der Waals surface area contributed by atoms with Crippen molar-refractivity contribution in [1.29, 1.82) is 0 Å². The molecule has 4 N–H and O–H groups in total. The van der Waals surface area contributed by atoms with E-state index in [4.69, 9.17) is 5.84 Å². The van der Waals surface area contributed by atoms with Crippen molar-refractivity contribution in [2.75, 3.05) is 10.7 Å². The van der Waals surface area contributed by atoms with Gasteiger partial charge >= 0.3 is 0 Å². The van der Waals surface area contributed by atoms with E-state index in [1.807, 2.05) is 25.1 Å². The van der Waals surface area contributed by atoms with Crippen molar-refractivity contribution in [2.24, 2.45) is 5.84 Å². The lowest BCUT2D eigenvalue weighted by Crippen LogP contribution is -2.16. The minimum atomic E-state index is -0.331. The van der Waals surface area contributed by atoms with Crippen LogP contribution in [-0.2, 0) is 0 Å². The van der Waals surface area contributed by atoms with E-state index in [9.17, 15) is 4.79 Å². The maximum absolute atomic E-state index is 12.0. The van der Waals surface area contributed by atoms with Gasteiger partial charge in [0, 0.05) is 4.47 Å². The molecule has 0 aliphatic carbocycles. The zero-order valence-electron chi connectivity index (χ0n) is 10.1. The molecule has 1 aromatic heterocycles. The third kappa shape index (κ3) is 3.27. The molecule has 0 saturated carbocycles. The van der Waals surface area contributed by atoms with Crippen molar-refractivity contribution >= 4 is 33.3 Å². The Morgan fingerprint density at radius 1 is 1.26 bits per heavy atom. The molecule has 0 bridgehead atoms. The lowest BCUT2D eigenvalue weighted by atomic mass is 10.2. The Bertz CT molecular complexity index is 600. The molecule has 0 aliphatic heterocycles. The van der Waals surface area contributed by atoms with Crippen molar-refractivity contribution in [2.45, 2.75) is 6.92 Å². The maximum Gasteiger partial charge on any atom is 0.276 e. The quantitative estimate of drug-likeness (QED) is 0.594. The van der Waals surface area contributed by atoms with Gasteiger partial charge in [-0.1, -0.05) is 6.07 Å². The van der Waals surface area contributed by atoms with Gasteiger partial charge in [0.1, 0.15) is 0 Å². The number of aromatic nitrogens is 2. The Balaban J connectivity index is 2.18. The summed E-state index contributed by atoms with van der Waals surface area (Å²) < 4.78 is 0.805. The third-order valence-electron chi connectivity index (χ3n) is 2.42. The van der Waals surface area contributed by atoms with E-state index in [1.54, 1.807) is 12.1 Å². The molecule has 1 heterocycles. The summed E-state index contributed by atoms with van der Waals surface area (Å²) in [6.07, 6.45) is 0. The number of nitrogen functional groups attached to an aromatic ring is 1. The van der Waals surface area contributed by atoms with Crippen molar-refractivity contribution in [3.8, 4) is 0 Å². The van der Waals surface area contributed by atoms with Crippen LogP contribution in [0.3, 0.4) is 0 Å². The second-order valence-electron chi connectivity index (χ2n) is 3.89. The molecule has 19 heavy (non-hydrogen) atoms. The van der Waals surface area contributed by atoms with E-state index in [2.05, 4.69) is 36.9 Å². The molecule has 0 saturated heterocycles. The number of nitrogens with two attached hydrogens (primary N) is 1. The van der Waals surface area contributed by atoms with Gasteiger partial charge in [0.25, 0.3) is 5.91 Å². The summed E-state index contributed by atoms with van der Waals surface area (Å²) in [5.74, 6) is 5.24. The SMILES string of the molecule is Cc1ccc(Br)c(NC(=O)c2ccc(NN)nn2)c1. The topological polar surface area (TPSA) is 92.9 Å². The summed E-state index contributed by atoms with van der Waals surface area (Å²) in [5.41, 5.74) is 4.30. The molecule has 1 aromatic carbocycles. The number of benzene rings is 1. The van der Waals surface area contributed by atoms with Crippen LogP contribution in [0.1, 0.15) is 16.1 Å². The van der Waals surface area contributed by atoms with Crippen LogP contribution in [0.4, 0.5) is 11.5 Å². The van der Waals surface area contributed by atoms with Crippen LogP contribution >= 0.6 is 15.9 Å². The summed E-state index contributed by atoms with van der Waals surface area (Å²) in [6, 6.07) is 8.80. The van der Waals surface area contributed by atoms with Crippen LogP contribution in [0.5, 0.6) is 0 Å². The maximum atomic E-state index is 12.0. The minimum Gasteiger partial charge on any atom is -0.320 e. The average Bonchev–Trinajstić information content (AvgIpc) is 2.43. The molecule has 7 heteroatoms. The number of nitrogens with zero attached hydrogens (tertiary/aromatic N) is 2. The lowest BCUT2D eigenvalue weighted by Gasteiger charge is -2.07. The summed E-state index contributed by atoms with van der Waals surface area (Å²) in [6.45, 7) is 1.95. The fourth-order valence-corrected chi connectivity index (χ4v) is 1.80. The molecular weight excluding hydrogens is 310 g/mol. The van der Waals surface area contributed by atoms with Crippen LogP contribution in [-0.4, -0.2) is 16.1 Å². The van der Waals surface area contributed by atoms with E-state index in [-0.39, 0.29) is 11.6 Å². The number of rotatable bonds is 3. The van der Waals surface area contributed by atoms with Gasteiger partial charge in [0.05, 0.1) is 5.69 Å². The molecule has 0 fully saturated rings. The number of hydrogen-bond acceptors (Lipinski definition) is 5. The van der Waals surface area contributed by atoms with Crippen LogP contribution in [0.15, 0.2) is 34.8 Å². The van der Waals surface area contributed by atoms with Gasteiger partial charge in [-0.3, -0.25) is 4.79 Å². The van der Waals surface area contributed by atoms with E-state index in [0.29, 0.717) is 11.5 Å². The first-order chi connectivity index (χ1) is 9.10. The van der Waals surface area contributed by atoms with E-state index in [1.165, 1.54) is 0 Å². The number of amides is 1. The highest BCUT2D eigenvalue weighted by molar-refractivity contribution is 9.10. The first-order valence-electron chi connectivity index (χ1n) is 5.48. The van der Waals surface area contributed by atoms with Gasteiger partial charge < -0.3 is 10.7 Å². The second-order valence-corrected chi connectivity index (χ2v) is 4.74. The second kappa shape index (κ2) is 5.77. The van der Waals surface area contributed by atoms with Gasteiger partial charge in [-0.05, 0) is 52.7 Å². The van der Waals surface area contributed by atoms with Crippen molar-refractivity contribution in [3.63, 3.8) is 0 Å². The summed E-state index contributed by atoms with van der Waals surface area (Å²) in [5, 5.41) is 10.3. The molecule has 0 spiro atoms. The number of halogens is 1. The number of carbonyl (C=O) groups excluding carboxylic acids is 1. The Morgan fingerprint density at radius 3 is 2.68 bits per heavy atom. The van der Waals surface area contributed by atoms with Gasteiger partial charge in [0.2, 0.25) is 0 Å². The lowest BCUT2D eigenvalue weighted by molar-refractivity contribution is 0.102. The van der Waals surface area contributed by atoms with Gasteiger partial charge in [-0.2, -0.15) is 0 Å². The van der Waals surface area contributed by atoms with Crippen molar-refractivity contribution < 1.29 is 4.79 Å². The first kappa shape index (κ1) is 13.4. The minimum absolute atomic E-state index is 0.215. The first-order valence-corrected chi connectivity index (χ1v) is 6.27. The third-order valence-corrected chi connectivity index (χ3v) is 3.11. The number of hydrogen-bond donors (Lipinski definition) is 3. The summed E-state index contributed by atoms with van der Waals surface area (Å²) >= 11 is 3.38. The van der Waals surface area contributed by atoms with E-state index < -0.39 is 0 Å². The number of nitrogens with one attached hydrogen (secondary N) is 2. The zero-order valence-corrected chi connectivity index (χ0v) is 11.7. The van der Waals surface area contributed by atoms with E-state index >= 15 is 0 Å². The van der Waals surface area contributed by atoms with Gasteiger partial charge in [0.15, 0.2) is 11.5 Å². The fourth-order valence-electron chi connectivity index (χ4n) is 1.45.